The lowest BCUT2D eigenvalue weighted by molar-refractivity contribution is -0.132. The first-order valence-corrected chi connectivity index (χ1v) is 5.65. The molecule has 0 aliphatic carbocycles. The average Bonchev–Trinajstić information content (AvgIpc) is 2.97. The molecule has 0 spiro atoms. The van der Waals surface area contributed by atoms with Crippen LogP contribution in [0.1, 0.15) is 23.2 Å². The molecular formula is C12H16N2O3. The van der Waals surface area contributed by atoms with E-state index in [1.807, 2.05) is 0 Å². The highest BCUT2D eigenvalue weighted by molar-refractivity contribution is 5.97. The summed E-state index contributed by atoms with van der Waals surface area (Å²) in [5, 5.41) is 0. The second kappa shape index (κ2) is 4.61. The molecule has 2 rings (SSSR count). The first-order valence-electron chi connectivity index (χ1n) is 5.65. The van der Waals surface area contributed by atoms with Crippen molar-refractivity contribution in [2.75, 3.05) is 20.6 Å². The van der Waals surface area contributed by atoms with Gasteiger partial charge < -0.3 is 14.2 Å². The average molecular weight is 236 g/mol. The van der Waals surface area contributed by atoms with Gasteiger partial charge in [-0.2, -0.15) is 0 Å². The summed E-state index contributed by atoms with van der Waals surface area (Å²) in [5.41, 5.74) is 0.503. The highest BCUT2D eigenvalue weighted by atomic mass is 16.3. The number of amides is 2. The van der Waals surface area contributed by atoms with E-state index in [1.54, 1.807) is 25.1 Å². The Balaban J connectivity index is 2.15. The van der Waals surface area contributed by atoms with Crippen LogP contribution in [0, 0.1) is 0 Å². The lowest BCUT2D eigenvalue weighted by Gasteiger charge is -2.25. The molecule has 0 aromatic carbocycles. The van der Waals surface area contributed by atoms with E-state index in [4.69, 9.17) is 4.42 Å². The molecule has 0 bridgehead atoms. The number of rotatable bonds is 2. The fraction of sp³-hybridized carbons (Fsp3) is 0.500. The highest BCUT2D eigenvalue weighted by Crippen LogP contribution is 2.21. The Kier molecular flexibility index (Phi) is 3.17. The first kappa shape index (κ1) is 11.7. The van der Waals surface area contributed by atoms with E-state index in [0.29, 0.717) is 12.1 Å². The van der Waals surface area contributed by atoms with Crippen molar-refractivity contribution in [1.82, 2.24) is 9.80 Å². The van der Waals surface area contributed by atoms with Crippen LogP contribution in [0.5, 0.6) is 0 Å². The summed E-state index contributed by atoms with van der Waals surface area (Å²) >= 11 is 0. The molecule has 1 aliphatic heterocycles. The smallest absolute Gasteiger partial charge is 0.257 e. The third-order valence-corrected chi connectivity index (χ3v) is 3.01. The molecule has 1 aromatic rings. The largest absolute Gasteiger partial charge is 0.472 e. The van der Waals surface area contributed by atoms with Gasteiger partial charge in [0.05, 0.1) is 11.8 Å². The van der Waals surface area contributed by atoms with Crippen molar-refractivity contribution in [2.24, 2.45) is 0 Å². The van der Waals surface area contributed by atoms with Crippen LogP contribution in [-0.4, -0.2) is 48.3 Å². The minimum atomic E-state index is -0.326. The second-order valence-electron chi connectivity index (χ2n) is 4.40. The molecule has 1 fully saturated rings. The van der Waals surface area contributed by atoms with Gasteiger partial charge in [-0.1, -0.05) is 0 Å². The number of carbonyl (C=O) groups is 2. The summed E-state index contributed by atoms with van der Waals surface area (Å²) in [6.45, 7) is 0.633. The number of hydrogen-bond donors (Lipinski definition) is 0. The SMILES string of the molecule is CN(C)C(=O)C1CCCN1C(=O)c1ccoc1. The molecular weight excluding hydrogens is 220 g/mol. The topological polar surface area (TPSA) is 53.8 Å². The van der Waals surface area contributed by atoms with E-state index in [1.165, 1.54) is 17.4 Å². The zero-order valence-electron chi connectivity index (χ0n) is 10.0. The third kappa shape index (κ3) is 2.18. The fourth-order valence-electron chi connectivity index (χ4n) is 2.12. The van der Waals surface area contributed by atoms with Crippen LogP contribution < -0.4 is 0 Å². The normalized spacial score (nSPS) is 19.4. The van der Waals surface area contributed by atoms with Gasteiger partial charge in [0.15, 0.2) is 0 Å². The maximum absolute atomic E-state index is 12.1. The summed E-state index contributed by atoms with van der Waals surface area (Å²) in [7, 11) is 3.42. The predicted octanol–water partition coefficient (Wildman–Crippen LogP) is 0.972. The van der Waals surface area contributed by atoms with E-state index in [2.05, 4.69) is 0 Å². The highest BCUT2D eigenvalue weighted by Gasteiger charge is 2.35. The van der Waals surface area contributed by atoms with Gasteiger partial charge in [0, 0.05) is 20.6 Å². The van der Waals surface area contributed by atoms with E-state index >= 15 is 0 Å². The summed E-state index contributed by atoms with van der Waals surface area (Å²) in [6, 6.07) is 1.30. The van der Waals surface area contributed by atoms with Crippen molar-refractivity contribution in [3.63, 3.8) is 0 Å². The first-order chi connectivity index (χ1) is 8.11. The summed E-state index contributed by atoms with van der Waals surface area (Å²) in [5.74, 6) is -0.143. The number of hydrogen-bond acceptors (Lipinski definition) is 3. The standard InChI is InChI=1S/C12H16N2O3/c1-13(2)12(16)10-4-3-6-14(10)11(15)9-5-7-17-8-9/h5,7-8,10H,3-4,6H2,1-2H3. The van der Waals surface area contributed by atoms with Crippen molar-refractivity contribution in [1.29, 1.82) is 0 Å². The van der Waals surface area contributed by atoms with Gasteiger partial charge in [-0.05, 0) is 18.9 Å². The molecule has 0 N–H and O–H groups in total. The Hall–Kier alpha value is -1.78. The molecule has 1 aliphatic rings. The molecule has 0 radical (unpaired) electrons. The Bertz CT molecular complexity index is 411. The van der Waals surface area contributed by atoms with Crippen LogP contribution in [0.4, 0.5) is 0 Å². The zero-order chi connectivity index (χ0) is 12.4. The quantitative estimate of drug-likeness (QED) is 0.769. The molecule has 17 heavy (non-hydrogen) atoms. The van der Waals surface area contributed by atoms with Gasteiger partial charge in [-0.15, -0.1) is 0 Å². The predicted molar refractivity (Wildman–Crippen MR) is 61.5 cm³/mol. The maximum Gasteiger partial charge on any atom is 0.257 e. The summed E-state index contributed by atoms with van der Waals surface area (Å²) in [6.07, 6.45) is 4.48. The molecule has 1 aromatic heterocycles. The van der Waals surface area contributed by atoms with Gasteiger partial charge in [-0.3, -0.25) is 9.59 Å². The molecule has 92 valence electrons. The van der Waals surface area contributed by atoms with Crippen LogP contribution in [-0.2, 0) is 4.79 Å². The van der Waals surface area contributed by atoms with Crippen LogP contribution in [0.2, 0.25) is 0 Å². The number of likely N-dealkylation sites (tertiary alicyclic amines) is 1. The Labute approximate surface area is 100.0 Å². The van der Waals surface area contributed by atoms with Crippen molar-refractivity contribution in [3.8, 4) is 0 Å². The van der Waals surface area contributed by atoms with Crippen LogP contribution in [0.3, 0.4) is 0 Å². The van der Waals surface area contributed by atoms with Gasteiger partial charge in [0.1, 0.15) is 12.3 Å². The number of likely N-dealkylation sites (N-methyl/N-ethyl adjacent to an activating group) is 1. The minimum Gasteiger partial charge on any atom is -0.472 e. The van der Waals surface area contributed by atoms with Gasteiger partial charge in [0.25, 0.3) is 5.91 Å². The molecule has 1 saturated heterocycles. The Morgan fingerprint density at radius 3 is 2.82 bits per heavy atom. The van der Waals surface area contributed by atoms with E-state index in [9.17, 15) is 9.59 Å². The Morgan fingerprint density at radius 2 is 2.24 bits per heavy atom. The number of carbonyl (C=O) groups excluding carboxylic acids is 2. The third-order valence-electron chi connectivity index (χ3n) is 3.01. The lowest BCUT2D eigenvalue weighted by atomic mass is 10.2. The van der Waals surface area contributed by atoms with Crippen molar-refractivity contribution >= 4 is 11.8 Å². The van der Waals surface area contributed by atoms with Crippen molar-refractivity contribution in [3.05, 3.63) is 24.2 Å². The molecule has 1 atom stereocenters. The summed E-state index contributed by atoms with van der Waals surface area (Å²) < 4.78 is 4.90. The monoisotopic (exact) mass is 236 g/mol. The fourth-order valence-corrected chi connectivity index (χ4v) is 2.12. The van der Waals surface area contributed by atoms with Crippen LogP contribution >= 0.6 is 0 Å². The Morgan fingerprint density at radius 1 is 1.47 bits per heavy atom. The molecule has 5 heteroatoms. The second-order valence-corrected chi connectivity index (χ2v) is 4.40. The van der Waals surface area contributed by atoms with Gasteiger partial charge in [0.2, 0.25) is 5.91 Å². The van der Waals surface area contributed by atoms with Gasteiger partial charge in [-0.25, -0.2) is 0 Å². The van der Waals surface area contributed by atoms with E-state index in [0.717, 1.165) is 12.8 Å². The number of nitrogens with zero attached hydrogens (tertiary/aromatic N) is 2. The van der Waals surface area contributed by atoms with Crippen molar-refractivity contribution < 1.29 is 14.0 Å². The molecule has 2 heterocycles. The zero-order valence-corrected chi connectivity index (χ0v) is 10.0. The summed E-state index contributed by atoms with van der Waals surface area (Å²) in [4.78, 5) is 27.2. The lowest BCUT2D eigenvalue weighted by Crippen LogP contribution is -2.45. The molecule has 2 amide bonds. The number of furan rings is 1. The van der Waals surface area contributed by atoms with E-state index in [-0.39, 0.29) is 17.9 Å². The van der Waals surface area contributed by atoms with Crippen LogP contribution in [0.15, 0.2) is 23.0 Å². The van der Waals surface area contributed by atoms with Crippen molar-refractivity contribution in [2.45, 2.75) is 18.9 Å². The molecule has 1 unspecified atom stereocenters. The molecule has 0 saturated carbocycles. The minimum absolute atomic E-state index is 0.0145. The maximum atomic E-state index is 12.1. The van der Waals surface area contributed by atoms with Gasteiger partial charge >= 0.3 is 0 Å². The van der Waals surface area contributed by atoms with E-state index < -0.39 is 0 Å². The van der Waals surface area contributed by atoms with Crippen LogP contribution in [0.25, 0.3) is 0 Å². The molecule has 5 nitrogen and oxygen atoms in total.